The number of nitrogens with zero attached hydrogens (tertiary/aromatic N) is 1. The number of nitrogens with one attached hydrogen (secondary N) is 1. The highest BCUT2D eigenvalue weighted by molar-refractivity contribution is 8.00. The summed E-state index contributed by atoms with van der Waals surface area (Å²) in [5.74, 6) is 1.31. The Kier molecular flexibility index (Phi) is 7.80. The Bertz CT molecular complexity index is 886. The van der Waals surface area contributed by atoms with E-state index < -0.39 is 0 Å². The molecule has 2 aromatic rings. The van der Waals surface area contributed by atoms with Gasteiger partial charge in [0.05, 0.1) is 12.9 Å². The van der Waals surface area contributed by atoms with Crippen molar-refractivity contribution in [3.05, 3.63) is 54.1 Å². The van der Waals surface area contributed by atoms with Crippen LogP contribution in [-0.2, 0) is 9.59 Å². The summed E-state index contributed by atoms with van der Waals surface area (Å²) in [7, 11) is 1.62. The molecule has 1 aliphatic rings. The van der Waals surface area contributed by atoms with Gasteiger partial charge in [-0.25, -0.2) is 0 Å². The zero-order valence-corrected chi connectivity index (χ0v) is 18.7. The monoisotopic (exact) mass is 426 g/mol. The number of thioether (sulfide) groups is 1. The van der Waals surface area contributed by atoms with Crippen LogP contribution in [-0.4, -0.2) is 24.7 Å². The minimum atomic E-state index is -0.136. The first-order chi connectivity index (χ1) is 14.6. The highest BCUT2D eigenvalue weighted by Gasteiger charge is 2.34. The highest BCUT2D eigenvalue weighted by Crippen LogP contribution is 2.42. The quantitative estimate of drug-likeness (QED) is 0.565. The van der Waals surface area contributed by atoms with E-state index in [1.54, 1.807) is 18.9 Å². The molecule has 1 N–H and O–H groups in total. The van der Waals surface area contributed by atoms with Gasteiger partial charge < -0.3 is 10.1 Å². The van der Waals surface area contributed by atoms with Crippen LogP contribution in [0.25, 0.3) is 0 Å². The van der Waals surface area contributed by atoms with E-state index in [0.717, 1.165) is 48.4 Å². The number of benzene rings is 2. The lowest BCUT2D eigenvalue weighted by molar-refractivity contribution is -0.120. The summed E-state index contributed by atoms with van der Waals surface area (Å²) in [6.07, 6.45) is 3.89. The van der Waals surface area contributed by atoms with Crippen LogP contribution in [0.15, 0.2) is 48.5 Å². The average Bonchev–Trinajstić information content (AvgIpc) is 3.16. The molecule has 1 aliphatic heterocycles. The second-order valence-corrected chi connectivity index (χ2v) is 8.56. The zero-order valence-electron chi connectivity index (χ0n) is 17.9. The molecular formula is C24H30N2O3S. The molecule has 0 unspecified atom stereocenters. The van der Waals surface area contributed by atoms with Gasteiger partial charge in [0.1, 0.15) is 11.1 Å². The summed E-state index contributed by atoms with van der Waals surface area (Å²) >= 11 is 1.59. The normalized spacial score (nSPS) is 17.1. The van der Waals surface area contributed by atoms with Crippen molar-refractivity contribution in [1.29, 1.82) is 0 Å². The summed E-state index contributed by atoms with van der Waals surface area (Å²) in [4.78, 5) is 27.1. The Morgan fingerprint density at radius 3 is 2.77 bits per heavy atom. The van der Waals surface area contributed by atoms with Gasteiger partial charge in [-0.15, -0.1) is 11.8 Å². The fourth-order valence-electron chi connectivity index (χ4n) is 3.70. The molecule has 160 valence electrons. The predicted molar refractivity (Wildman–Crippen MR) is 124 cm³/mol. The van der Waals surface area contributed by atoms with E-state index in [4.69, 9.17) is 4.74 Å². The lowest BCUT2D eigenvalue weighted by Gasteiger charge is -2.25. The molecule has 3 rings (SSSR count). The smallest absolute Gasteiger partial charge is 0.238 e. The molecule has 0 aromatic heterocycles. The van der Waals surface area contributed by atoms with Gasteiger partial charge in [-0.2, -0.15) is 0 Å². The number of anilines is 2. The maximum Gasteiger partial charge on any atom is 0.238 e. The maximum absolute atomic E-state index is 12.7. The summed E-state index contributed by atoms with van der Waals surface area (Å²) in [6.45, 7) is 4.20. The molecule has 1 fully saturated rings. The maximum atomic E-state index is 12.7. The third kappa shape index (κ3) is 5.17. The van der Waals surface area contributed by atoms with Crippen molar-refractivity contribution >= 4 is 35.0 Å². The molecule has 0 saturated carbocycles. The van der Waals surface area contributed by atoms with Gasteiger partial charge in [0.2, 0.25) is 11.8 Å². The van der Waals surface area contributed by atoms with Crippen LogP contribution in [0.4, 0.5) is 11.4 Å². The van der Waals surface area contributed by atoms with Gasteiger partial charge in [-0.05, 0) is 42.7 Å². The van der Waals surface area contributed by atoms with Crippen molar-refractivity contribution in [2.75, 3.05) is 23.1 Å². The van der Waals surface area contributed by atoms with E-state index in [1.165, 1.54) is 0 Å². The molecule has 2 aromatic carbocycles. The summed E-state index contributed by atoms with van der Waals surface area (Å²) in [5.41, 5.74) is 2.58. The molecule has 6 heteroatoms. The number of amides is 2. The van der Waals surface area contributed by atoms with E-state index in [9.17, 15) is 9.59 Å². The Balaban J connectivity index is 1.80. The largest absolute Gasteiger partial charge is 0.497 e. The number of hydrogen-bond donors (Lipinski definition) is 1. The zero-order chi connectivity index (χ0) is 21.5. The summed E-state index contributed by atoms with van der Waals surface area (Å²) < 4.78 is 5.32. The summed E-state index contributed by atoms with van der Waals surface area (Å²) in [5, 5.41) is 2.94. The Labute approximate surface area is 183 Å². The van der Waals surface area contributed by atoms with Gasteiger partial charge in [-0.1, -0.05) is 44.9 Å². The second-order valence-electron chi connectivity index (χ2n) is 7.49. The van der Waals surface area contributed by atoms with Crippen molar-refractivity contribution in [2.45, 2.75) is 44.9 Å². The third-order valence-electron chi connectivity index (χ3n) is 5.41. The van der Waals surface area contributed by atoms with Crippen molar-refractivity contribution in [3.63, 3.8) is 0 Å². The van der Waals surface area contributed by atoms with Gasteiger partial charge in [0.15, 0.2) is 0 Å². The van der Waals surface area contributed by atoms with Crippen molar-refractivity contribution in [2.24, 2.45) is 5.92 Å². The molecule has 1 saturated heterocycles. The molecule has 0 spiro atoms. The van der Waals surface area contributed by atoms with Crippen LogP contribution in [0.1, 0.15) is 50.5 Å². The standard InChI is InChI=1S/C24H30N2O3S/c1-4-6-9-17(5-2)23(28)25-19-11-7-10-18(14-19)24-26(22(27)16-30-24)20-12-8-13-21(15-20)29-3/h7-8,10-15,17,24H,4-6,9,16H2,1-3H3,(H,25,28)/t17-,24+/m1/s1. The predicted octanol–water partition coefficient (Wildman–Crippen LogP) is 5.63. The number of hydrogen-bond acceptors (Lipinski definition) is 4. The fraction of sp³-hybridized carbons (Fsp3) is 0.417. The Hall–Kier alpha value is -2.47. The molecule has 30 heavy (non-hydrogen) atoms. The minimum Gasteiger partial charge on any atom is -0.497 e. The van der Waals surface area contributed by atoms with Crippen molar-refractivity contribution in [3.8, 4) is 5.75 Å². The van der Waals surface area contributed by atoms with E-state index in [2.05, 4.69) is 19.2 Å². The van der Waals surface area contributed by atoms with Crippen LogP contribution < -0.4 is 15.0 Å². The van der Waals surface area contributed by atoms with Gasteiger partial charge >= 0.3 is 0 Å². The Morgan fingerprint density at radius 1 is 1.23 bits per heavy atom. The number of carbonyl (C=O) groups is 2. The third-order valence-corrected chi connectivity index (χ3v) is 6.62. The molecule has 5 nitrogen and oxygen atoms in total. The van der Waals surface area contributed by atoms with Gasteiger partial charge in [0, 0.05) is 23.4 Å². The molecule has 2 atom stereocenters. The van der Waals surface area contributed by atoms with Crippen LogP contribution in [0, 0.1) is 5.92 Å². The van der Waals surface area contributed by atoms with E-state index in [1.807, 2.05) is 53.4 Å². The fourth-order valence-corrected chi connectivity index (χ4v) is 4.86. The Morgan fingerprint density at radius 2 is 2.03 bits per heavy atom. The van der Waals surface area contributed by atoms with E-state index in [-0.39, 0.29) is 23.1 Å². The van der Waals surface area contributed by atoms with Crippen LogP contribution >= 0.6 is 11.8 Å². The second kappa shape index (κ2) is 10.5. The summed E-state index contributed by atoms with van der Waals surface area (Å²) in [6, 6.07) is 15.4. The SMILES string of the molecule is CCCC[C@@H](CC)C(=O)Nc1cccc([C@@H]2SCC(=O)N2c2cccc(OC)c2)c1. The first-order valence-corrected chi connectivity index (χ1v) is 11.6. The topological polar surface area (TPSA) is 58.6 Å². The number of unbranched alkanes of at least 4 members (excludes halogenated alkanes) is 1. The van der Waals surface area contributed by atoms with Crippen molar-refractivity contribution < 1.29 is 14.3 Å². The number of carbonyl (C=O) groups excluding carboxylic acids is 2. The first kappa shape index (κ1) is 22.2. The number of ether oxygens (including phenoxy) is 1. The molecule has 0 bridgehead atoms. The van der Waals surface area contributed by atoms with Crippen LogP contribution in [0.2, 0.25) is 0 Å². The van der Waals surface area contributed by atoms with E-state index >= 15 is 0 Å². The lowest BCUT2D eigenvalue weighted by Crippen LogP contribution is -2.28. The molecule has 1 heterocycles. The van der Waals surface area contributed by atoms with Crippen LogP contribution in [0.3, 0.4) is 0 Å². The van der Waals surface area contributed by atoms with Gasteiger partial charge in [-0.3, -0.25) is 14.5 Å². The molecule has 0 aliphatic carbocycles. The lowest BCUT2D eigenvalue weighted by atomic mass is 9.98. The minimum absolute atomic E-state index is 0.0318. The van der Waals surface area contributed by atoms with E-state index in [0.29, 0.717) is 5.75 Å². The molecule has 0 radical (unpaired) electrons. The number of methoxy groups -OCH3 is 1. The van der Waals surface area contributed by atoms with Crippen molar-refractivity contribution in [1.82, 2.24) is 0 Å². The first-order valence-electron chi connectivity index (χ1n) is 10.6. The highest BCUT2D eigenvalue weighted by atomic mass is 32.2. The average molecular weight is 427 g/mol. The van der Waals surface area contributed by atoms with Gasteiger partial charge in [0.25, 0.3) is 0 Å². The molecular weight excluding hydrogens is 396 g/mol. The number of rotatable bonds is 9. The van der Waals surface area contributed by atoms with Crippen LogP contribution in [0.5, 0.6) is 5.75 Å². The molecule has 2 amide bonds.